The van der Waals surface area contributed by atoms with Gasteiger partial charge in [-0.2, -0.15) is 0 Å². The molecule has 0 radical (unpaired) electrons. The average molecular weight is 737 g/mol. The zero-order chi connectivity index (χ0) is 37.8. The molecule has 9 rings (SSSR count). The van der Waals surface area contributed by atoms with Crippen LogP contribution in [0, 0.1) is 20.8 Å². The Morgan fingerprint density at radius 1 is 0.400 bits per heavy atom. The number of H-pyrrole nitrogens is 2. The predicted octanol–water partition coefficient (Wildman–Crippen LogP) is 11.1. The summed E-state index contributed by atoms with van der Waals surface area (Å²) in [5, 5.41) is -0.0409. The lowest BCUT2D eigenvalue weighted by atomic mass is 10.0. The Bertz CT molecular complexity index is 2870. The monoisotopic (exact) mass is 736 g/mol. The van der Waals surface area contributed by atoms with Gasteiger partial charge in [0.15, 0.2) is 0 Å². The molecule has 0 spiro atoms. The lowest BCUT2D eigenvalue weighted by molar-refractivity contribution is 0.387. The van der Waals surface area contributed by atoms with Crippen LogP contribution >= 0.6 is 7.60 Å². The molecule has 4 N–H and O–H groups in total. The number of aryl methyl sites for hydroxylation is 3. The van der Waals surface area contributed by atoms with E-state index in [9.17, 15) is 14.4 Å². The highest BCUT2D eigenvalue weighted by atomic mass is 31.2. The molecule has 2 aliphatic heterocycles. The molecule has 8 heteroatoms. The van der Waals surface area contributed by atoms with E-state index in [0.717, 1.165) is 94.8 Å². The highest BCUT2D eigenvalue weighted by Crippen LogP contribution is 2.39. The van der Waals surface area contributed by atoms with E-state index in [-0.39, 0.29) is 5.30 Å². The van der Waals surface area contributed by atoms with E-state index in [0.29, 0.717) is 5.69 Å². The van der Waals surface area contributed by atoms with Crippen LogP contribution in [0.4, 0.5) is 0 Å². The largest absolute Gasteiger partial charge is 0.356 e. The van der Waals surface area contributed by atoms with E-state index < -0.39 is 7.60 Å². The third-order valence-corrected chi connectivity index (χ3v) is 11.2. The first kappa shape index (κ1) is 34.4. The minimum atomic E-state index is -4.44. The third kappa shape index (κ3) is 6.49. The molecule has 0 unspecified atom stereocenters. The molecule has 268 valence electrons. The fourth-order valence-corrected chi connectivity index (χ4v) is 7.94. The van der Waals surface area contributed by atoms with Gasteiger partial charge in [0.1, 0.15) is 0 Å². The number of rotatable bonds is 5. The Hall–Kier alpha value is -6.37. The van der Waals surface area contributed by atoms with E-state index >= 15 is 0 Å². The van der Waals surface area contributed by atoms with Gasteiger partial charge >= 0.3 is 7.60 Å². The smallest absolute Gasteiger partial charge is 0.354 e. The SMILES string of the molecule is Cc1ccc(-c2c3nc(c(-c4ccc(C)cc4)c4ccc([nH]4)c(-c4ccc(P(=O)(O)O)cc4)c4nc(c(-c5ccc(C)cc5)c5ccc2[nH]5)C=C4)C=C3)cc1. The van der Waals surface area contributed by atoms with Crippen molar-refractivity contribution in [3.63, 3.8) is 0 Å². The molecule has 7 aromatic rings. The molecule has 4 aromatic carbocycles. The van der Waals surface area contributed by atoms with Crippen molar-refractivity contribution in [2.75, 3.05) is 0 Å². The van der Waals surface area contributed by atoms with Gasteiger partial charge in [-0.05, 0) is 104 Å². The van der Waals surface area contributed by atoms with E-state index in [1.165, 1.54) is 17.7 Å². The average Bonchev–Trinajstić information content (AvgIpc) is 4.01. The Kier molecular flexibility index (Phi) is 8.44. The van der Waals surface area contributed by atoms with Crippen LogP contribution < -0.4 is 5.30 Å². The maximum absolute atomic E-state index is 12.1. The number of hydrogen-bond donors (Lipinski definition) is 4. The first-order chi connectivity index (χ1) is 26.6. The zero-order valence-electron chi connectivity index (χ0n) is 30.5. The van der Waals surface area contributed by atoms with Crippen LogP contribution in [-0.2, 0) is 4.57 Å². The summed E-state index contributed by atoms with van der Waals surface area (Å²) in [6, 6.07) is 40.3. The Labute approximate surface area is 318 Å². The van der Waals surface area contributed by atoms with Crippen molar-refractivity contribution in [3.05, 3.63) is 161 Å². The van der Waals surface area contributed by atoms with Crippen LogP contribution in [0.1, 0.15) is 39.5 Å². The maximum atomic E-state index is 12.1. The van der Waals surface area contributed by atoms with E-state index in [1.807, 2.05) is 18.2 Å². The number of aromatic amines is 2. The van der Waals surface area contributed by atoms with Crippen molar-refractivity contribution in [1.29, 1.82) is 0 Å². The number of fused-ring (bicyclic) bond motifs is 8. The molecule has 0 fully saturated rings. The summed E-state index contributed by atoms with van der Waals surface area (Å²) in [7, 11) is -4.44. The molecular weight excluding hydrogens is 700 g/mol. The van der Waals surface area contributed by atoms with Crippen LogP contribution in [0.25, 0.3) is 90.9 Å². The molecule has 0 saturated heterocycles. The van der Waals surface area contributed by atoms with Gasteiger partial charge in [-0.3, -0.25) is 4.57 Å². The van der Waals surface area contributed by atoms with Gasteiger partial charge in [0, 0.05) is 44.3 Å². The van der Waals surface area contributed by atoms with E-state index in [2.05, 4.69) is 134 Å². The summed E-state index contributed by atoms with van der Waals surface area (Å²) < 4.78 is 12.1. The van der Waals surface area contributed by atoms with Gasteiger partial charge in [0.05, 0.1) is 28.1 Å². The van der Waals surface area contributed by atoms with Crippen molar-refractivity contribution in [3.8, 4) is 44.5 Å². The number of benzene rings is 4. The Morgan fingerprint density at radius 3 is 0.909 bits per heavy atom. The molecule has 0 amide bonds. The first-order valence-electron chi connectivity index (χ1n) is 18.1. The van der Waals surface area contributed by atoms with Gasteiger partial charge < -0.3 is 19.8 Å². The standard InChI is InChI=1S/C47H37N4O3P/c1-28-4-10-31(11-5-28)44-36-20-22-38(48-36)45(32-12-6-29(2)7-13-32)40-24-26-42(50-40)47(34-16-18-35(19-17-34)55(52,53)54)43-27-25-41(51-43)46(39-23-21-37(44)49-39)33-14-8-30(3)9-15-33/h4-27,48,51H,1-3H3,(H2,52,53,54). The Balaban J connectivity index is 1.45. The van der Waals surface area contributed by atoms with Gasteiger partial charge in [-0.1, -0.05) is 102 Å². The van der Waals surface area contributed by atoms with Gasteiger partial charge in [0.25, 0.3) is 0 Å². The summed E-state index contributed by atoms with van der Waals surface area (Å²) in [6.45, 7) is 6.25. The number of nitrogens with one attached hydrogen (secondary N) is 2. The summed E-state index contributed by atoms with van der Waals surface area (Å²) in [4.78, 5) is 38.0. The molecule has 7 nitrogen and oxygen atoms in total. The molecule has 2 aliphatic rings. The second kappa shape index (κ2) is 13.5. The number of hydrogen-bond acceptors (Lipinski definition) is 3. The van der Waals surface area contributed by atoms with Crippen molar-refractivity contribution in [2.24, 2.45) is 0 Å². The van der Waals surface area contributed by atoms with Crippen molar-refractivity contribution in [2.45, 2.75) is 20.8 Å². The zero-order valence-corrected chi connectivity index (χ0v) is 31.4. The molecular formula is C47H37N4O3P. The second-order valence-electron chi connectivity index (χ2n) is 14.2. The van der Waals surface area contributed by atoms with Crippen LogP contribution in [0.2, 0.25) is 0 Å². The minimum Gasteiger partial charge on any atom is -0.354 e. The lowest BCUT2D eigenvalue weighted by Gasteiger charge is -2.08. The molecule has 55 heavy (non-hydrogen) atoms. The third-order valence-electron chi connectivity index (χ3n) is 10.3. The highest BCUT2D eigenvalue weighted by molar-refractivity contribution is 7.60. The normalized spacial score (nSPS) is 12.4. The van der Waals surface area contributed by atoms with Gasteiger partial charge in [-0.15, -0.1) is 0 Å². The summed E-state index contributed by atoms with van der Waals surface area (Å²) in [5.41, 5.74) is 17.7. The number of aromatic nitrogens is 4. The molecule has 5 heterocycles. The second-order valence-corrected chi connectivity index (χ2v) is 15.8. The van der Waals surface area contributed by atoms with E-state index in [1.54, 1.807) is 12.1 Å². The lowest BCUT2D eigenvalue weighted by Crippen LogP contribution is -2.02. The molecule has 8 bridgehead atoms. The number of nitrogens with zero attached hydrogens (tertiary/aromatic N) is 2. The van der Waals surface area contributed by atoms with Crippen LogP contribution in [0.3, 0.4) is 0 Å². The molecule has 0 saturated carbocycles. The molecule has 0 atom stereocenters. The van der Waals surface area contributed by atoms with Crippen molar-refractivity contribution >= 4 is 59.3 Å². The van der Waals surface area contributed by atoms with Crippen LogP contribution in [-0.4, -0.2) is 29.7 Å². The van der Waals surface area contributed by atoms with Crippen LogP contribution in [0.5, 0.6) is 0 Å². The minimum absolute atomic E-state index is 0.0409. The van der Waals surface area contributed by atoms with Gasteiger partial charge in [-0.25, -0.2) is 9.97 Å². The maximum Gasteiger partial charge on any atom is 0.356 e. The molecule has 0 aliphatic carbocycles. The fourth-order valence-electron chi connectivity index (χ4n) is 7.40. The summed E-state index contributed by atoms with van der Waals surface area (Å²) in [5.74, 6) is 0. The molecule has 3 aromatic heterocycles. The Morgan fingerprint density at radius 2 is 0.655 bits per heavy atom. The fraction of sp³-hybridized carbons (Fsp3) is 0.0638. The quantitative estimate of drug-likeness (QED) is 0.131. The van der Waals surface area contributed by atoms with Crippen molar-refractivity contribution in [1.82, 2.24) is 19.9 Å². The van der Waals surface area contributed by atoms with Crippen molar-refractivity contribution < 1.29 is 14.4 Å². The highest BCUT2D eigenvalue weighted by Gasteiger charge is 2.21. The topological polar surface area (TPSA) is 115 Å². The summed E-state index contributed by atoms with van der Waals surface area (Å²) in [6.07, 6.45) is 8.23. The summed E-state index contributed by atoms with van der Waals surface area (Å²) >= 11 is 0. The van der Waals surface area contributed by atoms with E-state index in [4.69, 9.17) is 9.97 Å². The van der Waals surface area contributed by atoms with Crippen LogP contribution in [0.15, 0.2) is 121 Å². The van der Waals surface area contributed by atoms with Gasteiger partial charge in [0.2, 0.25) is 0 Å². The predicted molar refractivity (Wildman–Crippen MR) is 226 cm³/mol. The first-order valence-corrected chi connectivity index (χ1v) is 19.7.